The second kappa shape index (κ2) is 6.02. The molecule has 4 nitrogen and oxygen atoms in total. The van der Waals surface area contributed by atoms with Gasteiger partial charge in [0.2, 0.25) is 5.91 Å². The number of amides is 1. The summed E-state index contributed by atoms with van der Waals surface area (Å²) in [6, 6.07) is 3.28. The van der Waals surface area contributed by atoms with Crippen LogP contribution in [-0.2, 0) is 10.3 Å². The van der Waals surface area contributed by atoms with Gasteiger partial charge in [-0.1, -0.05) is 6.08 Å². The highest BCUT2D eigenvalue weighted by atomic mass is 19.1. The largest absolute Gasteiger partial charge is 0.394 e. The van der Waals surface area contributed by atoms with Crippen LogP contribution < -0.4 is 0 Å². The van der Waals surface area contributed by atoms with E-state index in [0.717, 1.165) is 6.07 Å². The Balaban J connectivity index is 2.58. The number of halogens is 2. The Morgan fingerprint density at radius 2 is 1.87 bits per heavy atom. The topological polar surface area (TPSA) is 43.8 Å². The van der Waals surface area contributed by atoms with Crippen molar-refractivity contribution in [2.45, 2.75) is 24.9 Å². The molecule has 1 heterocycles. The van der Waals surface area contributed by atoms with Gasteiger partial charge in [0.25, 0.3) is 0 Å². The highest BCUT2D eigenvalue weighted by molar-refractivity contribution is 5.88. The van der Waals surface area contributed by atoms with Crippen LogP contribution in [0.1, 0.15) is 19.4 Å². The fourth-order valence-electron chi connectivity index (χ4n) is 3.11. The van der Waals surface area contributed by atoms with E-state index in [-0.39, 0.29) is 19.1 Å². The Kier molecular flexibility index (Phi) is 4.59. The van der Waals surface area contributed by atoms with Crippen LogP contribution >= 0.6 is 0 Å². The lowest BCUT2D eigenvalue weighted by Crippen LogP contribution is -2.71. The average Bonchev–Trinajstić information content (AvgIpc) is 2.48. The van der Waals surface area contributed by atoms with Crippen molar-refractivity contribution in [3.05, 3.63) is 48.1 Å². The number of nitrogens with zero attached hydrogens (tertiary/aromatic N) is 2. The first-order valence-corrected chi connectivity index (χ1v) is 7.40. The van der Waals surface area contributed by atoms with Crippen molar-refractivity contribution < 1.29 is 18.7 Å². The molecule has 1 saturated heterocycles. The summed E-state index contributed by atoms with van der Waals surface area (Å²) in [5.41, 5.74) is -1.64. The van der Waals surface area contributed by atoms with Crippen molar-refractivity contribution >= 4 is 5.91 Å². The number of benzene rings is 1. The second-order valence-electron chi connectivity index (χ2n) is 6.42. The molecule has 0 unspecified atom stereocenters. The molecule has 1 amide bonds. The third-order valence-corrected chi connectivity index (χ3v) is 4.79. The number of carbonyl (C=O) groups is 1. The molecule has 0 bridgehead atoms. The third-order valence-electron chi connectivity index (χ3n) is 4.79. The molecular formula is C17H22F2N2O2. The summed E-state index contributed by atoms with van der Waals surface area (Å²) in [4.78, 5) is 16.2. The quantitative estimate of drug-likeness (QED) is 0.860. The van der Waals surface area contributed by atoms with Crippen LogP contribution in [0.5, 0.6) is 0 Å². The molecule has 1 aliphatic rings. The van der Waals surface area contributed by atoms with Gasteiger partial charge in [0, 0.05) is 19.2 Å². The molecule has 2 atom stereocenters. The Hall–Kier alpha value is -1.79. The fraction of sp³-hybridized carbons (Fsp3) is 0.471. The SMILES string of the molecule is C=CCN1C(=O)[C@](C)(CO)N(C)C[C@]1(C)c1cc(F)cc(F)c1. The molecule has 23 heavy (non-hydrogen) atoms. The minimum Gasteiger partial charge on any atom is -0.394 e. The van der Waals surface area contributed by atoms with Gasteiger partial charge in [-0.05, 0) is 38.6 Å². The molecule has 6 heteroatoms. The molecule has 0 aromatic heterocycles. The van der Waals surface area contributed by atoms with E-state index in [1.165, 1.54) is 17.0 Å². The monoisotopic (exact) mass is 324 g/mol. The van der Waals surface area contributed by atoms with E-state index in [1.807, 2.05) is 0 Å². The average molecular weight is 324 g/mol. The van der Waals surface area contributed by atoms with Crippen LogP contribution in [0, 0.1) is 11.6 Å². The highest BCUT2D eigenvalue weighted by Crippen LogP contribution is 2.38. The van der Waals surface area contributed by atoms with Gasteiger partial charge < -0.3 is 10.0 Å². The zero-order valence-corrected chi connectivity index (χ0v) is 13.6. The van der Waals surface area contributed by atoms with E-state index < -0.39 is 22.7 Å². The van der Waals surface area contributed by atoms with Crippen LogP contribution in [0.15, 0.2) is 30.9 Å². The summed E-state index contributed by atoms with van der Waals surface area (Å²) in [6.45, 7) is 7.27. The van der Waals surface area contributed by atoms with Crippen molar-refractivity contribution in [3.8, 4) is 0 Å². The zero-order chi connectivity index (χ0) is 17.4. The summed E-state index contributed by atoms with van der Waals surface area (Å²) in [7, 11) is 1.72. The van der Waals surface area contributed by atoms with Crippen molar-refractivity contribution in [3.63, 3.8) is 0 Å². The molecule has 0 saturated carbocycles. The van der Waals surface area contributed by atoms with E-state index in [0.29, 0.717) is 12.1 Å². The first kappa shape index (κ1) is 17.6. The van der Waals surface area contributed by atoms with Crippen molar-refractivity contribution in [1.82, 2.24) is 9.80 Å². The smallest absolute Gasteiger partial charge is 0.246 e. The Labute approximate surface area is 135 Å². The molecule has 1 aromatic rings. The molecule has 0 spiro atoms. The lowest BCUT2D eigenvalue weighted by molar-refractivity contribution is -0.164. The lowest BCUT2D eigenvalue weighted by Gasteiger charge is -2.55. The number of aliphatic hydroxyl groups excluding tert-OH is 1. The van der Waals surface area contributed by atoms with Gasteiger partial charge in [0.05, 0.1) is 12.1 Å². The van der Waals surface area contributed by atoms with E-state index in [9.17, 15) is 18.7 Å². The number of carbonyl (C=O) groups excluding carboxylic acids is 1. The van der Waals surface area contributed by atoms with E-state index in [4.69, 9.17) is 0 Å². The van der Waals surface area contributed by atoms with Gasteiger partial charge in [-0.2, -0.15) is 0 Å². The summed E-state index contributed by atoms with van der Waals surface area (Å²) in [5, 5.41) is 9.67. The summed E-state index contributed by atoms with van der Waals surface area (Å²) in [5.74, 6) is -1.68. The lowest BCUT2D eigenvalue weighted by atomic mass is 9.81. The predicted molar refractivity (Wildman–Crippen MR) is 83.7 cm³/mol. The molecule has 0 aliphatic carbocycles. The molecule has 126 valence electrons. The standard InChI is InChI=1S/C17H22F2N2O2/c1-5-6-21-15(23)17(3,11-22)20(4)10-16(21,2)12-7-13(18)9-14(19)8-12/h5,7-9,22H,1,6,10-11H2,2-4H3/t16-,17+/m1/s1. The number of hydrogen-bond acceptors (Lipinski definition) is 3. The molecule has 0 radical (unpaired) electrons. The van der Waals surface area contributed by atoms with Gasteiger partial charge >= 0.3 is 0 Å². The Morgan fingerprint density at radius 3 is 2.35 bits per heavy atom. The van der Waals surface area contributed by atoms with Crippen LogP contribution in [0.3, 0.4) is 0 Å². The molecule has 1 aromatic carbocycles. The van der Waals surface area contributed by atoms with Crippen LogP contribution in [0.25, 0.3) is 0 Å². The first-order chi connectivity index (χ1) is 10.7. The fourth-order valence-corrected chi connectivity index (χ4v) is 3.11. The second-order valence-corrected chi connectivity index (χ2v) is 6.42. The van der Waals surface area contributed by atoms with E-state index in [1.54, 1.807) is 31.9 Å². The Bertz CT molecular complexity index is 617. The molecule has 2 rings (SSSR count). The number of hydrogen-bond donors (Lipinski definition) is 1. The number of rotatable bonds is 4. The maximum atomic E-state index is 13.7. The van der Waals surface area contributed by atoms with Gasteiger partial charge in [-0.3, -0.25) is 9.69 Å². The summed E-state index contributed by atoms with van der Waals surface area (Å²) < 4.78 is 27.3. The van der Waals surface area contributed by atoms with E-state index >= 15 is 0 Å². The zero-order valence-electron chi connectivity index (χ0n) is 13.6. The summed E-state index contributed by atoms with van der Waals surface area (Å²) in [6.07, 6.45) is 1.56. The van der Waals surface area contributed by atoms with Crippen LogP contribution in [0.4, 0.5) is 8.78 Å². The Morgan fingerprint density at radius 1 is 1.30 bits per heavy atom. The first-order valence-electron chi connectivity index (χ1n) is 7.40. The number of piperazine rings is 1. The van der Waals surface area contributed by atoms with Crippen molar-refractivity contribution in [2.75, 3.05) is 26.7 Å². The predicted octanol–water partition coefficient (Wildman–Crippen LogP) is 1.89. The van der Waals surface area contributed by atoms with Crippen LogP contribution in [-0.4, -0.2) is 53.1 Å². The van der Waals surface area contributed by atoms with Gasteiger partial charge in [-0.15, -0.1) is 6.58 Å². The van der Waals surface area contributed by atoms with Crippen molar-refractivity contribution in [2.24, 2.45) is 0 Å². The van der Waals surface area contributed by atoms with Gasteiger partial charge in [0.15, 0.2) is 0 Å². The van der Waals surface area contributed by atoms with Gasteiger partial charge in [-0.25, -0.2) is 8.78 Å². The van der Waals surface area contributed by atoms with Crippen LogP contribution in [0.2, 0.25) is 0 Å². The number of likely N-dealkylation sites (N-methyl/N-ethyl adjacent to an activating group) is 1. The minimum atomic E-state index is -1.08. The maximum absolute atomic E-state index is 13.7. The van der Waals surface area contributed by atoms with Gasteiger partial charge in [0.1, 0.15) is 17.2 Å². The number of aliphatic hydroxyl groups is 1. The minimum absolute atomic E-state index is 0.219. The molecule has 1 fully saturated rings. The molecular weight excluding hydrogens is 302 g/mol. The van der Waals surface area contributed by atoms with Crippen molar-refractivity contribution in [1.29, 1.82) is 0 Å². The molecule has 1 N–H and O–H groups in total. The maximum Gasteiger partial charge on any atom is 0.246 e. The third kappa shape index (κ3) is 2.77. The van der Waals surface area contributed by atoms with E-state index in [2.05, 4.69) is 6.58 Å². The normalized spacial score (nSPS) is 29.0. The molecule has 1 aliphatic heterocycles. The highest BCUT2D eigenvalue weighted by Gasteiger charge is 2.52. The summed E-state index contributed by atoms with van der Waals surface area (Å²) >= 11 is 0.